The molecule has 1 aromatic heterocycles. The van der Waals surface area contributed by atoms with Gasteiger partial charge in [-0.05, 0) is 36.2 Å². The summed E-state index contributed by atoms with van der Waals surface area (Å²) in [5.41, 5.74) is 9.95. The molecule has 0 aliphatic rings. The van der Waals surface area contributed by atoms with Crippen molar-refractivity contribution in [1.82, 2.24) is 4.57 Å². The summed E-state index contributed by atoms with van der Waals surface area (Å²) in [4.78, 5) is 23.2. The third-order valence-electron chi connectivity index (χ3n) is 4.22. The second-order valence-corrected chi connectivity index (χ2v) is 6.13. The number of primary amides is 1. The van der Waals surface area contributed by atoms with Crippen molar-refractivity contribution in [3.05, 3.63) is 70.9 Å². The third-order valence-corrected chi connectivity index (χ3v) is 4.22. The van der Waals surface area contributed by atoms with Crippen LogP contribution in [-0.2, 0) is 22.5 Å². The first kappa shape index (κ1) is 16.8. The van der Waals surface area contributed by atoms with Crippen molar-refractivity contribution in [3.63, 3.8) is 0 Å². The van der Waals surface area contributed by atoms with Crippen molar-refractivity contribution >= 4 is 22.8 Å². The average molecular weight is 336 g/mol. The maximum absolute atomic E-state index is 11.8. The molecule has 0 aliphatic heterocycles. The van der Waals surface area contributed by atoms with Crippen LogP contribution in [-0.4, -0.2) is 23.6 Å². The molecular weight excluding hydrogens is 316 g/mol. The number of benzene rings is 2. The monoisotopic (exact) mass is 336 g/mol. The van der Waals surface area contributed by atoms with E-state index in [1.165, 1.54) is 12.7 Å². The number of nitrogens with zero attached hydrogens (tertiary/aromatic N) is 1. The van der Waals surface area contributed by atoms with E-state index in [9.17, 15) is 9.59 Å². The number of fused-ring (bicyclic) bond motifs is 1. The Morgan fingerprint density at radius 1 is 1.12 bits per heavy atom. The Labute approximate surface area is 146 Å². The topological polar surface area (TPSA) is 74.3 Å². The second kappa shape index (κ2) is 6.81. The minimum atomic E-state index is -0.405. The van der Waals surface area contributed by atoms with E-state index in [1.54, 1.807) is 12.1 Å². The molecule has 0 bridgehead atoms. The molecule has 0 spiro atoms. The van der Waals surface area contributed by atoms with E-state index in [0.717, 1.165) is 22.0 Å². The summed E-state index contributed by atoms with van der Waals surface area (Å²) >= 11 is 0. The van der Waals surface area contributed by atoms with Gasteiger partial charge in [0, 0.05) is 23.6 Å². The maximum Gasteiger partial charge on any atom is 0.337 e. The van der Waals surface area contributed by atoms with Crippen LogP contribution < -0.4 is 5.73 Å². The Kier molecular flexibility index (Phi) is 4.57. The summed E-state index contributed by atoms with van der Waals surface area (Å²) in [5.74, 6) is -0.809. The fourth-order valence-corrected chi connectivity index (χ4v) is 2.97. The number of carbonyl (C=O) groups is 2. The Morgan fingerprint density at radius 2 is 1.84 bits per heavy atom. The summed E-state index contributed by atoms with van der Waals surface area (Å²) in [6, 6.07) is 13.7. The Hall–Kier alpha value is -3.08. The molecule has 2 aromatic carbocycles. The van der Waals surface area contributed by atoms with Crippen LogP contribution in [0.5, 0.6) is 0 Å². The lowest BCUT2D eigenvalue weighted by Crippen LogP contribution is -2.13. The molecule has 0 saturated carbocycles. The molecule has 2 N–H and O–H groups in total. The molecule has 0 unspecified atom stereocenters. The normalized spacial score (nSPS) is 10.8. The molecule has 3 aromatic rings. The van der Waals surface area contributed by atoms with Gasteiger partial charge in [-0.25, -0.2) is 4.79 Å². The lowest BCUT2D eigenvalue weighted by Gasteiger charge is -2.07. The highest BCUT2D eigenvalue weighted by Crippen LogP contribution is 2.25. The van der Waals surface area contributed by atoms with Crippen LogP contribution >= 0.6 is 0 Å². The molecule has 0 fully saturated rings. The average Bonchev–Trinajstić information content (AvgIpc) is 2.92. The third kappa shape index (κ3) is 3.55. The number of carbonyl (C=O) groups excluding carboxylic acids is 2. The van der Waals surface area contributed by atoms with Gasteiger partial charge in [0.25, 0.3) is 0 Å². The van der Waals surface area contributed by atoms with Gasteiger partial charge in [0.1, 0.15) is 0 Å². The SMILES string of the molecule is COC(=O)c1ccc2c(c1)c(CC(N)=O)cn2Cc1ccc(C)cc1. The summed E-state index contributed by atoms with van der Waals surface area (Å²) in [6.45, 7) is 2.72. The highest BCUT2D eigenvalue weighted by atomic mass is 16.5. The van der Waals surface area contributed by atoms with E-state index in [2.05, 4.69) is 28.8 Å². The first-order chi connectivity index (χ1) is 12.0. The minimum absolute atomic E-state index is 0.127. The van der Waals surface area contributed by atoms with Gasteiger partial charge in [0.05, 0.1) is 19.1 Å². The lowest BCUT2D eigenvalue weighted by molar-refractivity contribution is -0.117. The zero-order chi connectivity index (χ0) is 18.0. The molecule has 0 atom stereocenters. The van der Waals surface area contributed by atoms with Gasteiger partial charge in [-0.1, -0.05) is 29.8 Å². The first-order valence-corrected chi connectivity index (χ1v) is 8.02. The fraction of sp³-hybridized carbons (Fsp3) is 0.200. The molecule has 3 rings (SSSR count). The molecule has 0 radical (unpaired) electrons. The molecule has 128 valence electrons. The van der Waals surface area contributed by atoms with Gasteiger partial charge in [-0.2, -0.15) is 0 Å². The van der Waals surface area contributed by atoms with Crippen LogP contribution in [0, 0.1) is 6.92 Å². The number of nitrogens with two attached hydrogens (primary N) is 1. The number of methoxy groups -OCH3 is 1. The molecule has 1 amide bonds. The van der Waals surface area contributed by atoms with Gasteiger partial charge in [-0.15, -0.1) is 0 Å². The number of aryl methyl sites for hydroxylation is 1. The number of hydrogen-bond donors (Lipinski definition) is 1. The number of aromatic nitrogens is 1. The number of hydrogen-bond acceptors (Lipinski definition) is 3. The van der Waals surface area contributed by atoms with Gasteiger partial charge in [0.15, 0.2) is 0 Å². The van der Waals surface area contributed by atoms with Crippen LogP contribution in [0.3, 0.4) is 0 Å². The Bertz CT molecular complexity index is 939. The predicted octanol–water partition coefficient (Wildman–Crippen LogP) is 2.81. The smallest absolute Gasteiger partial charge is 0.337 e. The van der Waals surface area contributed by atoms with Crippen LogP contribution in [0.2, 0.25) is 0 Å². The van der Waals surface area contributed by atoms with Crippen molar-refractivity contribution in [3.8, 4) is 0 Å². The molecule has 5 nitrogen and oxygen atoms in total. The summed E-state index contributed by atoms with van der Waals surface area (Å²) in [7, 11) is 1.35. The summed E-state index contributed by atoms with van der Waals surface area (Å²) in [6.07, 6.45) is 2.05. The van der Waals surface area contributed by atoms with Crippen molar-refractivity contribution < 1.29 is 14.3 Å². The van der Waals surface area contributed by atoms with Crippen LogP contribution in [0.1, 0.15) is 27.0 Å². The molecule has 0 aliphatic carbocycles. The fourth-order valence-electron chi connectivity index (χ4n) is 2.97. The standard InChI is InChI=1S/C20H20N2O3/c1-13-3-5-14(6-4-13)11-22-12-16(10-19(21)23)17-9-15(20(24)25-2)7-8-18(17)22/h3-9,12H,10-11H2,1-2H3,(H2,21,23). The van der Waals surface area contributed by atoms with E-state index in [0.29, 0.717) is 12.1 Å². The van der Waals surface area contributed by atoms with Gasteiger partial charge in [-0.3, -0.25) is 4.79 Å². The molecule has 0 saturated heterocycles. The quantitative estimate of drug-likeness (QED) is 0.728. The van der Waals surface area contributed by atoms with Gasteiger partial charge < -0.3 is 15.0 Å². The molecule has 5 heteroatoms. The van der Waals surface area contributed by atoms with Crippen LogP contribution in [0.25, 0.3) is 10.9 Å². The van der Waals surface area contributed by atoms with Crippen molar-refractivity contribution in [2.75, 3.05) is 7.11 Å². The van der Waals surface area contributed by atoms with Gasteiger partial charge in [0.2, 0.25) is 5.91 Å². The first-order valence-electron chi connectivity index (χ1n) is 8.02. The zero-order valence-electron chi connectivity index (χ0n) is 14.3. The molecule has 25 heavy (non-hydrogen) atoms. The lowest BCUT2D eigenvalue weighted by atomic mass is 10.1. The number of ether oxygens (including phenoxy) is 1. The van der Waals surface area contributed by atoms with Crippen molar-refractivity contribution in [1.29, 1.82) is 0 Å². The van der Waals surface area contributed by atoms with E-state index < -0.39 is 11.9 Å². The highest BCUT2D eigenvalue weighted by Gasteiger charge is 2.14. The Balaban J connectivity index is 2.07. The van der Waals surface area contributed by atoms with E-state index in [4.69, 9.17) is 10.5 Å². The Morgan fingerprint density at radius 3 is 2.48 bits per heavy atom. The van der Waals surface area contributed by atoms with Crippen molar-refractivity contribution in [2.45, 2.75) is 19.9 Å². The van der Waals surface area contributed by atoms with Gasteiger partial charge >= 0.3 is 5.97 Å². The zero-order valence-corrected chi connectivity index (χ0v) is 14.3. The number of esters is 1. The number of rotatable bonds is 5. The van der Waals surface area contributed by atoms with E-state index in [1.807, 2.05) is 19.2 Å². The van der Waals surface area contributed by atoms with Crippen molar-refractivity contribution in [2.24, 2.45) is 5.73 Å². The van der Waals surface area contributed by atoms with E-state index >= 15 is 0 Å². The molecule has 1 heterocycles. The minimum Gasteiger partial charge on any atom is -0.465 e. The largest absolute Gasteiger partial charge is 0.465 e. The molecular formula is C20H20N2O3. The van der Waals surface area contributed by atoms with Crippen LogP contribution in [0.4, 0.5) is 0 Å². The maximum atomic E-state index is 11.8. The highest BCUT2D eigenvalue weighted by molar-refractivity contribution is 5.97. The number of amides is 1. The van der Waals surface area contributed by atoms with Crippen LogP contribution in [0.15, 0.2) is 48.7 Å². The predicted molar refractivity (Wildman–Crippen MR) is 96.5 cm³/mol. The summed E-state index contributed by atoms with van der Waals surface area (Å²) < 4.78 is 6.85. The van der Waals surface area contributed by atoms with E-state index in [-0.39, 0.29) is 6.42 Å². The summed E-state index contributed by atoms with van der Waals surface area (Å²) in [5, 5.41) is 0.841. The second-order valence-electron chi connectivity index (χ2n) is 6.13.